The molecule has 2 fully saturated rings. The molecular formula is C13H26N2S. The van der Waals surface area contributed by atoms with Crippen molar-refractivity contribution in [1.82, 2.24) is 5.43 Å². The van der Waals surface area contributed by atoms with Gasteiger partial charge in [-0.05, 0) is 25.2 Å². The molecule has 0 bridgehead atoms. The number of hydrazine groups is 1. The first kappa shape index (κ1) is 12.7. The minimum absolute atomic E-state index is 0.553. The molecule has 3 N–H and O–H groups in total. The lowest BCUT2D eigenvalue weighted by Gasteiger charge is -2.30. The predicted octanol–water partition coefficient (Wildman–Crippen LogP) is 3.07. The van der Waals surface area contributed by atoms with E-state index in [4.69, 9.17) is 5.84 Å². The van der Waals surface area contributed by atoms with E-state index in [1.807, 2.05) is 0 Å². The largest absolute Gasteiger partial charge is 0.271 e. The Bertz CT molecular complexity index is 188. The molecular weight excluding hydrogens is 216 g/mol. The molecule has 94 valence electrons. The Labute approximate surface area is 104 Å². The quantitative estimate of drug-likeness (QED) is 0.555. The van der Waals surface area contributed by atoms with Gasteiger partial charge in [-0.1, -0.05) is 38.5 Å². The van der Waals surface area contributed by atoms with Crippen molar-refractivity contribution < 1.29 is 0 Å². The maximum atomic E-state index is 5.65. The summed E-state index contributed by atoms with van der Waals surface area (Å²) in [5.41, 5.74) is 3.02. The van der Waals surface area contributed by atoms with Crippen molar-refractivity contribution in [3.8, 4) is 0 Å². The van der Waals surface area contributed by atoms with Gasteiger partial charge in [-0.25, -0.2) is 0 Å². The van der Waals surface area contributed by atoms with Gasteiger partial charge in [0.05, 0.1) is 0 Å². The van der Waals surface area contributed by atoms with Crippen molar-refractivity contribution in [3.05, 3.63) is 0 Å². The molecule has 2 aliphatic rings. The Morgan fingerprint density at radius 3 is 2.38 bits per heavy atom. The zero-order valence-electron chi connectivity index (χ0n) is 10.3. The van der Waals surface area contributed by atoms with Gasteiger partial charge in [0.25, 0.3) is 0 Å². The SMILES string of the molecule is NNC(CSC1CCCCC1)CC1CCC1. The molecule has 2 saturated carbocycles. The fourth-order valence-electron chi connectivity index (χ4n) is 2.80. The predicted molar refractivity (Wildman–Crippen MR) is 72.4 cm³/mol. The summed E-state index contributed by atoms with van der Waals surface area (Å²) >= 11 is 2.16. The topological polar surface area (TPSA) is 38.0 Å². The van der Waals surface area contributed by atoms with Crippen molar-refractivity contribution in [2.75, 3.05) is 5.75 Å². The third-order valence-corrected chi connectivity index (χ3v) is 5.70. The number of thioether (sulfide) groups is 1. The van der Waals surface area contributed by atoms with Crippen LogP contribution >= 0.6 is 11.8 Å². The van der Waals surface area contributed by atoms with Gasteiger partial charge in [0.1, 0.15) is 0 Å². The number of rotatable bonds is 6. The van der Waals surface area contributed by atoms with E-state index < -0.39 is 0 Å². The van der Waals surface area contributed by atoms with Gasteiger partial charge in [-0.2, -0.15) is 11.8 Å². The van der Waals surface area contributed by atoms with Crippen LogP contribution in [-0.4, -0.2) is 17.0 Å². The van der Waals surface area contributed by atoms with Crippen LogP contribution in [0.1, 0.15) is 57.8 Å². The zero-order valence-corrected chi connectivity index (χ0v) is 11.1. The second-order valence-corrected chi connectivity index (χ2v) is 6.82. The lowest BCUT2D eigenvalue weighted by molar-refractivity contribution is 0.268. The lowest BCUT2D eigenvalue weighted by atomic mass is 9.81. The van der Waals surface area contributed by atoms with E-state index in [0.29, 0.717) is 6.04 Å². The van der Waals surface area contributed by atoms with E-state index >= 15 is 0 Å². The highest BCUT2D eigenvalue weighted by Crippen LogP contribution is 2.33. The van der Waals surface area contributed by atoms with Crippen LogP contribution in [-0.2, 0) is 0 Å². The summed E-state index contributed by atoms with van der Waals surface area (Å²) < 4.78 is 0. The van der Waals surface area contributed by atoms with Crippen LogP contribution in [0.25, 0.3) is 0 Å². The standard InChI is InChI=1S/C13H26N2S/c14-15-12(9-11-5-4-6-11)10-16-13-7-2-1-3-8-13/h11-13,15H,1-10,14H2. The van der Waals surface area contributed by atoms with E-state index in [-0.39, 0.29) is 0 Å². The highest BCUT2D eigenvalue weighted by molar-refractivity contribution is 7.99. The Morgan fingerprint density at radius 1 is 1.06 bits per heavy atom. The van der Waals surface area contributed by atoms with Crippen LogP contribution in [0.2, 0.25) is 0 Å². The lowest BCUT2D eigenvalue weighted by Crippen LogP contribution is -2.40. The van der Waals surface area contributed by atoms with E-state index in [0.717, 1.165) is 11.2 Å². The summed E-state index contributed by atoms with van der Waals surface area (Å²) in [4.78, 5) is 0. The fourth-order valence-corrected chi connectivity index (χ4v) is 4.20. The van der Waals surface area contributed by atoms with Crippen LogP contribution in [0, 0.1) is 5.92 Å². The average Bonchev–Trinajstić information content (AvgIpc) is 2.28. The number of hydrogen-bond acceptors (Lipinski definition) is 3. The Morgan fingerprint density at radius 2 is 1.81 bits per heavy atom. The monoisotopic (exact) mass is 242 g/mol. The molecule has 0 saturated heterocycles. The molecule has 3 heteroatoms. The number of nitrogens with two attached hydrogens (primary N) is 1. The van der Waals surface area contributed by atoms with Crippen molar-refractivity contribution in [3.63, 3.8) is 0 Å². The summed E-state index contributed by atoms with van der Waals surface area (Å²) in [6, 6.07) is 0.553. The average molecular weight is 242 g/mol. The summed E-state index contributed by atoms with van der Waals surface area (Å²) in [5, 5.41) is 0.922. The molecule has 2 aliphatic carbocycles. The summed E-state index contributed by atoms with van der Waals surface area (Å²) in [6.45, 7) is 0. The van der Waals surface area contributed by atoms with Crippen LogP contribution in [0.15, 0.2) is 0 Å². The number of hydrogen-bond donors (Lipinski definition) is 2. The molecule has 0 aromatic heterocycles. The van der Waals surface area contributed by atoms with E-state index in [9.17, 15) is 0 Å². The highest BCUT2D eigenvalue weighted by Gasteiger charge is 2.22. The molecule has 1 atom stereocenters. The molecule has 16 heavy (non-hydrogen) atoms. The van der Waals surface area contributed by atoms with Crippen molar-refractivity contribution in [1.29, 1.82) is 0 Å². The molecule has 1 unspecified atom stereocenters. The smallest absolute Gasteiger partial charge is 0.0303 e. The minimum Gasteiger partial charge on any atom is -0.271 e. The third-order valence-electron chi connectivity index (χ3n) is 4.16. The molecule has 0 heterocycles. The molecule has 0 aliphatic heterocycles. The van der Waals surface area contributed by atoms with Gasteiger partial charge >= 0.3 is 0 Å². The van der Waals surface area contributed by atoms with Gasteiger partial charge in [0.15, 0.2) is 0 Å². The Kier molecular flexibility index (Phi) is 5.46. The maximum absolute atomic E-state index is 5.65. The fraction of sp³-hybridized carbons (Fsp3) is 1.00. The molecule has 0 aromatic rings. The number of nitrogens with one attached hydrogen (secondary N) is 1. The first-order valence-electron chi connectivity index (χ1n) is 6.96. The second kappa shape index (κ2) is 6.87. The van der Waals surface area contributed by atoms with Crippen molar-refractivity contribution >= 4 is 11.8 Å². The highest BCUT2D eigenvalue weighted by atomic mass is 32.2. The van der Waals surface area contributed by atoms with E-state index in [1.165, 1.54) is 63.5 Å². The van der Waals surface area contributed by atoms with Crippen LogP contribution in [0.4, 0.5) is 0 Å². The molecule has 0 aromatic carbocycles. The van der Waals surface area contributed by atoms with Gasteiger partial charge in [-0.15, -0.1) is 0 Å². The Balaban J connectivity index is 1.61. The Hall–Kier alpha value is 0.270. The van der Waals surface area contributed by atoms with Gasteiger partial charge < -0.3 is 0 Å². The third kappa shape index (κ3) is 3.94. The van der Waals surface area contributed by atoms with E-state index in [2.05, 4.69) is 17.2 Å². The van der Waals surface area contributed by atoms with Crippen LogP contribution in [0.5, 0.6) is 0 Å². The van der Waals surface area contributed by atoms with Gasteiger partial charge in [0.2, 0.25) is 0 Å². The minimum atomic E-state index is 0.553. The van der Waals surface area contributed by atoms with Crippen LogP contribution < -0.4 is 11.3 Å². The molecule has 2 rings (SSSR count). The molecule has 2 nitrogen and oxygen atoms in total. The van der Waals surface area contributed by atoms with Crippen molar-refractivity contribution in [2.45, 2.75) is 69.1 Å². The molecule has 0 amide bonds. The molecule has 0 radical (unpaired) electrons. The summed E-state index contributed by atoms with van der Waals surface area (Å²) in [7, 11) is 0. The summed E-state index contributed by atoms with van der Waals surface area (Å²) in [5.74, 6) is 7.84. The first-order valence-corrected chi connectivity index (χ1v) is 8.01. The van der Waals surface area contributed by atoms with Gasteiger partial charge in [0, 0.05) is 17.0 Å². The van der Waals surface area contributed by atoms with Crippen LogP contribution in [0.3, 0.4) is 0 Å². The zero-order chi connectivity index (χ0) is 11.2. The maximum Gasteiger partial charge on any atom is 0.0303 e. The second-order valence-electron chi connectivity index (χ2n) is 5.49. The van der Waals surface area contributed by atoms with E-state index in [1.54, 1.807) is 0 Å². The first-order chi connectivity index (χ1) is 7.88. The molecule has 0 spiro atoms. The van der Waals surface area contributed by atoms with Gasteiger partial charge in [-0.3, -0.25) is 11.3 Å². The normalized spacial score (nSPS) is 25.3. The summed E-state index contributed by atoms with van der Waals surface area (Å²) in [6.07, 6.45) is 12.8. The van der Waals surface area contributed by atoms with Crippen molar-refractivity contribution in [2.24, 2.45) is 11.8 Å².